The number of sulfone groups is 1. The highest BCUT2D eigenvalue weighted by molar-refractivity contribution is 8.00. The van der Waals surface area contributed by atoms with E-state index < -0.39 is 9.84 Å². The van der Waals surface area contributed by atoms with E-state index in [1.165, 1.54) is 31.0 Å². The quantitative estimate of drug-likeness (QED) is 0.749. The van der Waals surface area contributed by atoms with Gasteiger partial charge in [0.2, 0.25) is 5.91 Å². The van der Waals surface area contributed by atoms with Gasteiger partial charge in [0, 0.05) is 12.1 Å². The number of hydrogen-bond acceptors (Lipinski definition) is 5. The molecule has 2 atom stereocenters. The third-order valence-corrected chi connectivity index (χ3v) is 8.57. The van der Waals surface area contributed by atoms with E-state index in [9.17, 15) is 13.2 Å². The van der Waals surface area contributed by atoms with Gasteiger partial charge in [0.05, 0.1) is 27.8 Å². The highest BCUT2D eigenvalue weighted by atomic mass is 32.2. The molecule has 1 aromatic carbocycles. The fraction of sp³-hybridized carbons (Fsp3) is 0.600. The fourth-order valence-electron chi connectivity index (χ4n) is 4.24. The largest absolute Gasteiger partial charge is 0.351 e. The average molecular weight is 422 g/mol. The van der Waals surface area contributed by atoms with E-state index >= 15 is 0 Å². The van der Waals surface area contributed by atoms with Crippen LogP contribution in [-0.2, 0) is 14.6 Å². The number of rotatable bonds is 5. The summed E-state index contributed by atoms with van der Waals surface area (Å²) < 4.78 is 25.6. The molecular formula is C20H27N3O3S2. The fourth-order valence-corrected chi connectivity index (χ4v) is 6.91. The van der Waals surface area contributed by atoms with Crippen LogP contribution in [0.3, 0.4) is 0 Å². The Morgan fingerprint density at radius 1 is 1.21 bits per heavy atom. The van der Waals surface area contributed by atoms with Crippen molar-refractivity contribution in [3.05, 3.63) is 24.3 Å². The Morgan fingerprint density at radius 2 is 1.96 bits per heavy atom. The van der Waals surface area contributed by atoms with E-state index in [2.05, 4.69) is 16.0 Å². The first kappa shape index (κ1) is 19.8. The van der Waals surface area contributed by atoms with Gasteiger partial charge in [0.15, 0.2) is 15.0 Å². The predicted molar refractivity (Wildman–Crippen MR) is 112 cm³/mol. The summed E-state index contributed by atoms with van der Waals surface area (Å²) in [5.41, 5.74) is 2.09. The minimum absolute atomic E-state index is 0.0523. The predicted octanol–water partition coefficient (Wildman–Crippen LogP) is 3.33. The molecular weight excluding hydrogens is 394 g/mol. The molecule has 0 unspecified atom stereocenters. The van der Waals surface area contributed by atoms with Crippen LogP contribution in [0.5, 0.6) is 0 Å². The molecule has 1 aromatic heterocycles. The Balaban J connectivity index is 1.52. The van der Waals surface area contributed by atoms with Crippen LogP contribution in [-0.4, -0.2) is 46.7 Å². The molecule has 4 rings (SSSR count). The number of para-hydroxylation sites is 2. The molecule has 0 spiro atoms. The Kier molecular flexibility index (Phi) is 5.69. The minimum atomic E-state index is -3.00. The molecule has 2 aliphatic rings. The van der Waals surface area contributed by atoms with Crippen molar-refractivity contribution in [1.82, 2.24) is 14.9 Å². The first-order chi connectivity index (χ1) is 13.4. The van der Waals surface area contributed by atoms with Gasteiger partial charge >= 0.3 is 0 Å². The van der Waals surface area contributed by atoms with Crippen molar-refractivity contribution in [2.45, 2.75) is 67.9 Å². The lowest BCUT2D eigenvalue weighted by Gasteiger charge is -2.26. The van der Waals surface area contributed by atoms with Crippen molar-refractivity contribution in [3.63, 3.8) is 0 Å². The molecule has 8 heteroatoms. The number of aromatic nitrogens is 2. The van der Waals surface area contributed by atoms with E-state index in [-0.39, 0.29) is 28.7 Å². The summed E-state index contributed by atoms with van der Waals surface area (Å²) in [5.74, 6) is 0.0996. The molecule has 28 heavy (non-hydrogen) atoms. The second-order valence-corrected chi connectivity index (χ2v) is 11.5. The van der Waals surface area contributed by atoms with Crippen LogP contribution in [0, 0.1) is 0 Å². The monoisotopic (exact) mass is 421 g/mol. The number of fused-ring (bicyclic) bond motifs is 1. The van der Waals surface area contributed by atoms with Gasteiger partial charge in [-0.05, 0) is 38.3 Å². The first-order valence-electron chi connectivity index (χ1n) is 10.1. The molecule has 1 amide bonds. The van der Waals surface area contributed by atoms with Gasteiger partial charge < -0.3 is 9.88 Å². The number of carbonyl (C=O) groups excluding carboxylic acids is 1. The maximum atomic E-state index is 12.7. The lowest BCUT2D eigenvalue weighted by atomic mass is 9.95. The number of carbonyl (C=O) groups is 1. The SMILES string of the molecule is C[C@@H](Sc1nc2ccccc2n1C1CCCCC1)C(=O)N[C@@H]1CCS(=O)(=O)C1. The van der Waals surface area contributed by atoms with Crippen LogP contribution in [0.2, 0.25) is 0 Å². The average Bonchev–Trinajstić information content (AvgIpc) is 3.21. The molecule has 1 aliphatic heterocycles. The molecule has 1 aliphatic carbocycles. The molecule has 0 radical (unpaired) electrons. The third-order valence-electron chi connectivity index (χ3n) is 5.73. The van der Waals surface area contributed by atoms with Gasteiger partial charge in [-0.2, -0.15) is 0 Å². The van der Waals surface area contributed by atoms with Gasteiger partial charge in [0.1, 0.15) is 0 Å². The van der Waals surface area contributed by atoms with Gasteiger partial charge in [-0.15, -0.1) is 0 Å². The molecule has 2 aromatic rings. The Bertz CT molecular complexity index is 964. The Morgan fingerprint density at radius 3 is 2.68 bits per heavy atom. The number of benzene rings is 1. The molecule has 1 saturated heterocycles. The zero-order valence-electron chi connectivity index (χ0n) is 16.1. The molecule has 2 fully saturated rings. The number of thioether (sulfide) groups is 1. The first-order valence-corrected chi connectivity index (χ1v) is 12.8. The van der Waals surface area contributed by atoms with Crippen molar-refractivity contribution in [2.24, 2.45) is 0 Å². The van der Waals surface area contributed by atoms with Crippen molar-refractivity contribution in [1.29, 1.82) is 0 Å². The molecule has 1 N–H and O–H groups in total. The number of amides is 1. The zero-order valence-corrected chi connectivity index (χ0v) is 17.8. The van der Waals surface area contributed by atoms with Crippen LogP contribution < -0.4 is 5.32 Å². The lowest BCUT2D eigenvalue weighted by Crippen LogP contribution is -2.40. The van der Waals surface area contributed by atoms with Crippen molar-refractivity contribution >= 4 is 38.5 Å². The third kappa shape index (κ3) is 4.22. The van der Waals surface area contributed by atoms with Crippen LogP contribution in [0.25, 0.3) is 11.0 Å². The number of nitrogens with zero attached hydrogens (tertiary/aromatic N) is 2. The van der Waals surface area contributed by atoms with Crippen molar-refractivity contribution < 1.29 is 13.2 Å². The Labute approximate surface area is 170 Å². The lowest BCUT2D eigenvalue weighted by molar-refractivity contribution is -0.120. The normalized spacial score (nSPS) is 23.7. The summed E-state index contributed by atoms with van der Waals surface area (Å²) >= 11 is 1.47. The highest BCUT2D eigenvalue weighted by Gasteiger charge is 2.31. The standard InChI is InChI=1S/C20H27N3O3S2/c1-14(19(24)21-15-11-12-28(25,26)13-15)27-20-22-17-9-5-6-10-18(17)23(20)16-7-3-2-4-8-16/h5-6,9-10,14-16H,2-4,7-8,11-13H2,1H3,(H,21,24)/t14-,15-/m1/s1. The van der Waals surface area contributed by atoms with E-state index in [0.29, 0.717) is 12.5 Å². The summed E-state index contributed by atoms with van der Waals surface area (Å²) in [6.07, 6.45) is 6.55. The van der Waals surface area contributed by atoms with Crippen LogP contribution >= 0.6 is 11.8 Å². The smallest absolute Gasteiger partial charge is 0.233 e. The molecule has 0 bridgehead atoms. The number of nitrogens with one attached hydrogen (secondary N) is 1. The van der Waals surface area contributed by atoms with E-state index in [0.717, 1.165) is 29.0 Å². The summed E-state index contributed by atoms with van der Waals surface area (Å²) in [4.78, 5) is 17.5. The molecule has 1 saturated carbocycles. The summed E-state index contributed by atoms with van der Waals surface area (Å²) in [7, 11) is -3.00. The van der Waals surface area contributed by atoms with Crippen molar-refractivity contribution in [2.75, 3.05) is 11.5 Å². The van der Waals surface area contributed by atoms with E-state index in [1.807, 2.05) is 25.1 Å². The topological polar surface area (TPSA) is 81.1 Å². The summed E-state index contributed by atoms with van der Waals surface area (Å²) in [6, 6.07) is 8.32. The highest BCUT2D eigenvalue weighted by Crippen LogP contribution is 2.36. The summed E-state index contributed by atoms with van der Waals surface area (Å²) in [6.45, 7) is 1.87. The van der Waals surface area contributed by atoms with E-state index in [4.69, 9.17) is 4.98 Å². The Hall–Kier alpha value is -1.54. The van der Waals surface area contributed by atoms with Crippen LogP contribution in [0.1, 0.15) is 51.5 Å². The van der Waals surface area contributed by atoms with Gasteiger partial charge in [-0.3, -0.25) is 4.79 Å². The number of hydrogen-bond donors (Lipinski definition) is 1. The van der Waals surface area contributed by atoms with Gasteiger partial charge in [-0.25, -0.2) is 13.4 Å². The van der Waals surface area contributed by atoms with E-state index in [1.54, 1.807) is 0 Å². The summed E-state index contributed by atoms with van der Waals surface area (Å²) in [5, 5.41) is 3.46. The maximum Gasteiger partial charge on any atom is 0.233 e. The van der Waals surface area contributed by atoms with Crippen LogP contribution in [0.15, 0.2) is 29.4 Å². The second-order valence-electron chi connectivity index (χ2n) is 7.91. The van der Waals surface area contributed by atoms with Crippen molar-refractivity contribution in [3.8, 4) is 0 Å². The maximum absolute atomic E-state index is 12.7. The zero-order chi connectivity index (χ0) is 19.7. The van der Waals surface area contributed by atoms with Gasteiger partial charge in [0.25, 0.3) is 0 Å². The second kappa shape index (κ2) is 8.06. The van der Waals surface area contributed by atoms with Gasteiger partial charge in [-0.1, -0.05) is 43.2 Å². The van der Waals surface area contributed by atoms with Crippen LogP contribution in [0.4, 0.5) is 0 Å². The number of imidazole rings is 1. The molecule has 152 valence electrons. The molecule has 6 nitrogen and oxygen atoms in total. The minimum Gasteiger partial charge on any atom is -0.351 e. The molecule has 2 heterocycles.